The van der Waals surface area contributed by atoms with Crippen molar-refractivity contribution in [3.8, 4) is 0 Å². The van der Waals surface area contributed by atoms with E-state index in [0.717, 1.165) is 16.7 Å². The summed E-state index contributed by atoms with van der Waals surface area (Å²) in [6, 6.07) is 26.2. The van der Waals surface area contributed by atoms with Crippen molar-refractivity contribution in [2.75, 3.05) is 4.90 Å². The fraction of sp³-hybridized carbons (Fsp3) is 0.143. The summed E-state index contributed by atoms with van der Waals surface area (Å²) in [5.41, 5.74) is 3.29. The SMILES string of the molecule is C[C@H](NC(=O)Cc1ccc(N(Cc2ccc(F)cc2)C(=O)c2ccco2)cc1)c1ccccc1. The molecule has 4 aromatic rings. The van der Waals surface area contributed by atoms with Gasteiger partial charge in [0.2, 0.25) is 5.91 Å². The first-order valence-electron chi connectivity index (χ1n) is 11.0. The lowest BCUT2D eigenvalue weighted by Crippen LogP contribution is -2.30. The van der Waals surface area contributed by atoms with Crippen molar-refractivity contribution in [3.05, 3.63) is 126 Å². The van der Waals surface area contributed by atoms with Gasteiger partial charge >= 0.3 is 0 Å². The molecule has 3 aromatic carbocycles. The molecule has 0 fully saturated rings. The monoisotopic (exact) mass is 456 g/mol. The maximum absolute atomic E-state index is 13.3. The number of hydrogen-bond donors (Lipinski definition) is 1. The summed E-state index contributed by atoms with van der Waals surface area (Å²) < 4.78 is 18.6. The molecule has 0 aliphatic rings. The lowest BCUT2D eigenvalue weighted by atomic mass is 10.1. The first kappa shape index (κ1) is 23.0. The minimum absolute atomic E-state index is 0.0843. The quantitative estimate of drug-likeness (QED) is 0.371. The van der Waals surface area contributed by atoms with Crippen molar-refractivity contribution in [1.82, 2.24) is 5.32 Å². The van der Waals surface area contributed by atoms with Crippen LogP contribution in [-0.4, -0.2) is 11.8 Å². The van der Waals surface area contributed by atoms with Crippen molar-refractivity contribution in [3.63, 3.8) is 0 Å². The molecule has 34 heavy (non-hydrogen) atoms. The molecule has 0 aliphatic heterocycles. The van der Waals surface area contributed by atoms with Gasteiger partial charge in [-0.1, -0.05) is 54.6 Å². The number of hydrogen-bond acceptors (Lipinski definition) is 3. The molecular formula is C28H25FN2O3. The molecule has 1 N–H and O–H groups in total. The highest BCUT2D eigenvalue weighted by Gasteiger charge is 2.21. The molecule has 172 valence electrons. The van der Waals surface area contributed by atoms with Gasteiger partial charge in [-0.05, 0) is 60.0 Å². The average Bonchev–Trinajstić information content (AvgIpc) is 3.39. The molecule has 1 atom stereocenters. The third-order valence-electron chi connectivity index (χ3n) is 5.52. The van der Waals surface area contributed by atoms with Crippen LogP contribution in [0.3, 0.4) is 0 Å². The van der Waals surface area contributed by atoms with E-state index >= 15 is 0 Å². The number of carbonyl (C=O) groups excluding carboxylic acids is 2. The Balaban J connectivity index is 1.47. The van der Waals surface area contributed by atoms with Gasteiger partial charge in [0.15, 0.2) is 5.76 Å². The van der Waals surface area contributed by atoms with Crippen molar-refractivity contribution < 1.29 is 18.4 Å². The second kappa shape index (κ2) is 10.6. The second-order valence-electron chi connectivity index (χ2n) is 8.04. The Hall–Kier alpha value is -4.19. The number of furan rings is 1. The number of rotatable bonds is 8. The molecule has 0 saturated carbocycles. The minimum Gasteiger partial charge on any atom is -0.459 e. The molecule has 0 bridgehead atoms. The molecule has 0 spiro atoms. The standard InChI is InChI=1S/C28H25FN2O3/c1-20(23-6-3-2-4-7-23)30-27(32)18-21-11-15-25(16-12-21)31(28(33)26-8-5-17-34-26)19-22-9-13-24(29)14-10-22/h2-17,20H,18-19H2,1H3,(H,30,32)/t20-/m0/s1. The Morgan fingerprint density at radius 2 is 1.56 bits per heavy atom. The van der Waals surface area contributed by atoms with E-state index in [1.807, 2.05) is 49.4 Å². The van der Waals surface area contributed by atoms with Crippen LogP contribution in [0.2, 0.25) is 0 Å². The van der Waals surface area contributed by atoms with Crippen molar-refractivity contribution in [2.24, 2.45) is 0 Å². The lowest BCUT2D eigenvalue weighted by Gasteiger charge is -2.22. The van der Waals surface area contributed by atoms with Crippen LogP contribution in [0.5, 0.6) is 0 Å². The summed E-state index contributed by atoms with van der Waals surface area (Å²) in [5, 5.41) is 3.01. The van der Waals surface area contributed by atoms with E-state index in [4.69, 9.17) is 4.42 Å². The van der Waals surface area contributed by atoms with Gasteiger partial charge in [0.1, 0.15) is 5.82 Å². The fourth-order valence-corrected chi connectivity index (χ4v) is 3.68. The van der Waals surface area contributed by atoms with Crippen LogP contribution in [0, 0.1) is 5.82 Å². The van der Waals surface area contributed by atoms with Gasteiger partial charge in [0, 0.05) is 5.69 Å². The lowest BCUT2D eigenvalue weighted by molar-refractivity contribution is -0.121. The number of halogens is 1. The van der Waals surface area contributed by atoms with Gasteiger partial charge in [0.25, 0.3) is 5.91 Å². The number of amides is 2. The zero-order valence-corrected chi connectivity index (χ0v) is 18.8. The zero-order valence-electron chi connectivity index (χ0n) is 18.8. The van der Waals surface area contributed by atoms with E-state index in [-0.39, 0.29) is 42.4 Å². The average molecular weight is 457 g/mol. The Morgan fingerprint density at radius 1 is 0.882 bits per heavy atom. The predicted octanol–water partition coefficient (Wildman–Crippen LogP) is 5.69. The molecule has 4 rings (SSSR count). The van der Waals surface area contributed by atoms with E-state index < -0.39 is 0 Å². The second-order valence-corrected chi connectivity index (χ2v) is 8.04. The molecule has 0 radical (unpaired) electrons. The van der Waals surface area contributed by atoms with Gasteiger partial charge in [-0.2, -0.15) is 0 Å². The van der Waals surface area contributed by atoms with Crippen LogP contribution in [0.25, 0.3) is 0 Å². The molecule has 1 aromatic heterocycles. The normalized spacial score (nSPS) is 11.6. The van der Waals surface area contributed by atoms with Crippen LogP contribution >= 0.6 is 0 Å². The van der Waals surface area contributed by atoms with Crippen molar-refractivity contribution >= 4 is 17.5 Å². The third kappa shape index (κ3) is 5.78. The van der Waals surface area contributed by atoms with Crippen molar-refractivity contribution in [2.45, 2.75) is 25.9 Å². The molecule has 6 heteroatoms. The highest BCUT2D eigenvalue weighted by molar-refractivity contribution is 6.04. The molecule has 2 amide bonds. The highest BCUT2D eigenvalue weighted by Crippen LogP contribution is 2.22. The maximum Gasteiger partial charge on any atom is 0.294 e. The summed E-state index contributed by atoms with van der Waals surface area (Å²) in [6.07, 6.45) is 1.67. The smallest absolute Gasteiger partial charge is 0.294 e. The largest absolute Gasteiger partial charge is 0.459 e. The first-order valence-corrected chi connectivity index (χ1v) is 11.0. The van der Waals surface area contributed by atoms with Crippen molar-refractivity contribution in [1.29, 1.82) is 0 Å². The Bertz CT molecular complexity index is 1220. The number of benzene rings is 3. The summed E-state index contributed by atoms with van der Waals surface area (Å²) in [7, 11) is 0. The molecule has 1 heterocycles. The van der Waals surface area contributed by atoms with Gasteiger partial charge in [-0.15, -0.1) is 0 Å². The van der Waals surface area contributed by atoms with Gasteiger partial charge < -0.3 is 14.6 Å². The van der Waals surface area contributed by atoms with Crippen LogP contribution in [0.4, 0.5) is 10.1 Å². The number of anilines is 1. The van der Waals surface area contributed by atoms with Gasteiger partial charge in [-0.3, -0.25) is 9.59 Å². The predicted molar refractivity (Wildman–Crippen MR) is 129 cm³/mol. The molecular weight excluding hydrogens is 431 g/mol. The van der Waals surface area contributed by atoms with Crippen LogP contribution < -0.4 is 10.2 Å². The zero-order chi connectivity index (χ0) is 23.9. The summed E-state index contributed by atoms with van der Waals surface area (Å²) >= 11 is 0. The minimum atomic E-state index is -0.336. The molecule has 0 unspecified atom stereocenters. The highest BCUT2D eigenvalue weighted by atomic mass is 19.1. The summed E-state index contributed by atoms with van der Waals surface area (Å²) in [6.45, 7) is 2.19. The van der Waals surface area contributed by atoms with Crippen LogP contribution in [0.15, 0.2) is 102 Å². The van der Waals surface area contributed by atoms with Crippen LogP contribution in [-0.2, 0) is 17.8 Å². The van der Waals surface area contributed by atoms with Crippen LogP contribution in [0.1, 0.15) is 40.2 Å². The Labute approximate surface area is 197 Å². The Kier molecular flexibility index (Phi) is 7.18. The van der Waals surface area contributed by atoms with E-state index in [9.17, 15) is 14.0 Å². The number of nitrogens with zero attached hydrogens (tertiary/aromatic N) is 1. The van der Waals surface area contributed by atoms with E-state index in [1.165, 1.54) is 18.4 Å². The van der Waals surface area contributed by atoms with E-state index in [2.05, 4.69) is 5.32 Å². The Morgan fingerprint density at radius 3 is 2.21 bits per heavy atom. The summed E-state index contributed by atoms with van der Waals surface area (Å²) in [4.78, 5) is 27.2. The fourth-order valence-electron chi connectivity index (χ4n) is 3.68. The maximum atomic E-state index is 13.3. The first-order chi connectivity index (χ1) is 16.5. The topological polar surface area (TPSA) is 62.6 Å². The van der Waals surface area contributed by atoms with E-state index in [1.54, 1.807) is 41.3 Å². The van der Waals surface area contributed by atoms with E-state index in [0.29, 0.717) is 5.69 Å². The molecule has 0 aliphatic carbocycles. The number of nitrogens with one attached hydrogen (secondary N) is 1. The third-order valence-corrected chi connectivity index (χ3v) is 5.52. The van der Waals surface area contributed by atoms with Gasteiger partial charge in [-0.25, -0.2) is 4.39 Å². The summed E-state index contributed by atoms with van der Waals surface area (Å²) in [5.74, 6) is -0.521. The van der Waals surface area contributed by atoms with Gasteiger partial charge in [0.05, 0.1) is 25.3 Å². The molecule has 5 nitrogen and oxygen atoms in total. The molecule has 0 saturated heterocycles. The number of carbonyl (C=O) groups is 2.